The highest BCUT2D eigenvalue weighted by atomic mass is 16.5. The summed E-state index contributed by atoms with van der Waals surface area (Å²) >= 11 is 0. The van der Waals surface area contributed by atoms with E-state index in [9.17, 15) is 5.11 Å². The summed E-state index contributed by atoms with van der Waals surface area (Å²) in [6.45, 7) is 2.70. The van der Waals surface area contributed by atoms with Crippen LogP contribution in [0.1, 0.15) is 11.1 Å². The lowest BCUT2D eigenvalue weighted by atomic mass is 10.1. The van der Waals surface area contributed by atoms with Crippen LogP contribution in [0.25, 0.3) is 0 Å². The highest BCUT2D eigenvalue weighted by Gasteiger charge is 2.08. The Hall–Kier alpha value is -2.75. The van der Waals surface area contributed by atoms with Crippen molar-refractivity contribution in [2.75, 3.05) is 47.1 Å². The SMILES string of the molecule is COc1ccc(CCN(CCO)CCOc2ccc(C#N)cc2)cc1OC. The Kier molecular flexibility index (Phi) is 8.43. The molecule has 0 aromatic heterocycles. The van der Waals surface area contributed by atoms with Gasteiger partial charge in [-0.15, -0.1) is 0 Å². The van der Waals surface area contributed by atoms with Crippen LogP contribution < -0.4 is 14.2 Å². The van der Waals surface area contributed by atoms with Gasteiger partial charge in [-0.25, -0.2) is 0 Å². The second-order valence-electron chi connectivity index (χ2n) is 5.99. The molecule has 0 aliphatic carbocycles. The first kappa shape index (κ1) is 20.6. The Balaban J connectivity index is 1.84. The predicted molar refractivity (Wildman–Crippen MR) is 103 cm³/mol. The third kappa shape index (κ3) is 6.48. The topological polar surface area (TPSA) is 75.0 Å². The van der Waals surface area contributed by atoms with Crippen LogP contribution in [-0.4, -0.2) is 57.1 Å². The summed E-state index contributed by atoms with van der Waals surface area (Å²) in [4.78, 5) is 2.15. The van der Waals surface area contributed by atoms with Crippen LogP contribution in [0.5, 0.6) is 17.2 Å². The van der Waals surface area contributed by atoms with E-state index in [1.165, 1.54) is 0 Å². The maximum absolute atomic E-state index is 9.31. The van der Waals surface area contributed by atoms with Gasteiger partial charge in [0.15, 0.2) is 11.5 Å². The van der Waals surface area contributed by atoms with Crippen molar-refractivity contribution in [3.63, 3.8) is 0 Å². The van der Waals surface area contributed by atoms with Crippen LogP contribution in [0.3, 0.4) is 0 Å². The molecule has 27 heavy (non-hydrogen) atoms. The van der Waals surface area contributed by atoms with Gasteiger partial charge in [0, 0.05) is 19.6 Å². The highest BCUT2D eigenvalue weighted by molar-refractivity contribution is 5.43. The normalized spacial score (nSPS) is 10.5. The van der Waals surface area contributed by atoms with E-state index in [1.807, 2.05) is 18.2 Å². The smallest absolute Gasteiger partial charge is 0.160 e. The third-order valence-corrected chi connectivity index (χ3v) is 4.24. The number of rotatable bonds is 11. The summed E-state index contributed by atoms with van der Waals surface area (Å²) in [7, 11) is 3.24. The molecule has 0 amide bonds. The van der Waals surface area contributed by atoms with E-state index in [0.717, 1.165) is 24.3 Å². The molecule has 0 atom stereocenters. The number of nitriles is 1. The Labute approximate surface area is 160 Å². The van der Waals surface area contributed by atoms with Crippen molar-refractivity contribution in [3.8, 4) is 23.3 Å². The number of aliphatic hydroxyl groups is 1. The maximum atomic E-state index is 9.31. The van der Waals surface area contributed by atoms with E-state index in [-0.39, 0.29) is 6.61 Å². The summed E-state index contributed by atoms with van der Waals surface area (Å²) in [5, 5.41) is 18.1. The minimum Gasteiger partial charge on any atom is -0.493 e. The highest BCUT2D eigenvalue weighted by Crippen LogP contribution is 2.27. The molecule has 0 spiro atoms. The molecule has 0 aliphatic heterocycles. The van der Waals surface area contributed by atoms with Crippen molar-refractivity contribution in [2.45, 2.75) is 6.42 Å². The average molecular weight is 370 g/mol. The Morgan fingerprint density at radius 1 is 0.963 bits per heavy atom. The quantitative estimate of drug-likeness (QED) is 0.655. The minimum atomic E-state index is 0.100. The van der Waals surface area contributed by atoms with Gasteiger partial charge >= 0.3 is 0 Å². The van der Waals surface area contributed by atoms with Gasteiger partial charge < -0.3 is 19.3 Å². The molecule has 1 N–H and O–H groups in total. The minimum absolute atomic E-state index is 0.100. The molecule has 0 heterocycles. The zero-order valence-corrected chi connectivity index (χ0v) is 15.9. The Morgan fingerprint density at radius 3 is 2.33 bits per heavy atom. The second-order valence-corrected chi connectivity index (χ2v) is 5.99. The number of benzene rings is 2. The largest absolute Gasteiger partial charge is 0.493 e. The van der Waals surface area contributed by atoms with E-state index in [4.69, 9.17) is 19.5 Å². The molecule has 144 valence electrons. The second kappa shape index (κ2) is 11.1. The average Bonchev–Trinajstić information content (AvgIpc) is 2.72. The molecule has 6 heteroatoms. The summed E-state index contributed by atoms with van der Waals surface area (Å²) in [5.74, 6) is 2.16. The van der Waals surface area contributed by atoms with Gasteiger partial charge in [0.25, 0.3) is 0 Å². The summed E-state index contributed by atoms with van der Waals surface area (Å²) < 4.78 is 16.3. The third-order valence-electron chi connectivity index (χ3n) is 4.24. The molecule has 2 rings (SSSR count). The van der Waals surface area contributed by atoms with E-state index in [0.29, 0.717) is 36.8 Å². The molecule has 0 saturated heterocycles. The Morgan fingerprint density at radius 2 is 1.70 bits per heavy atom. The molecule has 0 radical (unpaired) electrons. The van der Waals surface area contributed by atoms with Gasteiger partial charge in [-0.3, -0.25) is 4.90 Å². The lowest BCUT2D eigenvalue weighted by Crippen LogP contribution is -2.33. The van der Waals surface area contributed by atoms with Crippen LogP contribution in [0.15, 0.2) is 42.5 Å². The van der Waals surface area contributed by atoms with Gasteiger partial charge in [0.05, 0.1) is 32.5 Å². The summed E-state index contributed by atoms with van der Waals surface area (Å²) in [5.41, 5.74) is 1.75. The predicted octanol–water partition coefficient (Wildman–Crippen LogP) is 2.49. The van der Waals surface area contributed by atoms with E-state index in [2.05, 4.69) is 11.0 Å². The standard InChI is InChI=1S/C21H26N2O4/c1-25-20-8-5-17(15-21(20)26-2)9-10-23(11-13-24)12-14-27-19-6-3-18(16-22)4-7-19/h3-8,15,24H,9-14H2,1-2H3. The van der Waals surface area contributed by atoms with Crippen LogP contribution in [0.4, 0.5) is 0 Å². The molecule has 0 fully saturated rings. The van der Waals surface area contributed by atoms with Crippen LogP contribution in [0, 0.1) is 11.3 Å². The molecule has 0 aliphatic rings. The van der Waals surface area contributed by atoms with Crippen molar-refractivity contribution in [2.24, 2.45) is 0 Å². The van der Waals surface area contributed by atoms with Gasteiger partial charge in [0.1, 0.15) is 12.4 Å². The van der Waals surface area contributed by atoms with E-state index >= 15 is 0 Å². The first-order chi connectivity index (χ1) is 13.2. The molecular formula is C21H26N2O4. The van der Waals surface area contributed by atoms with E-state index < -0.39 is 0 Å². The van der Waals surface area contributed by atoms with Crippen molar-refractivity contribution in [1.82, 2.24) is 4.90 Å². The Bertz CT molecular complexity index is 741. The van der Waals surface area contributed by atoms with Gasteiger partial charge in [-0.2, -0.15) is 5.26 Å². The lowest BCUT2D eigenvalue weighted by Gasteiger charge is -2.21. The monoisotopic (exact) mass is 370 g/mol. The molecular weight excluding hydrogens is 344 g/mol. The molecule has 2 aromatic carbocycles. The van der Waals surface area contributed by atoms with Crippen molar-refractivity contribution >= 4 is 0 Å². The fourth-order valence-electron chi connectivity index (χ4n) is 2.72. The number of ether oxygens (including phenoxy) is 3. The first-order valence-corrected chi connectivity index (χ1v) is 8.87. The maximum Gasteiger partial charge on any atom is 0.160 e. The van der Waals surface area contributed by atoms with Crippen LogP contribution in [0.2, 0.25) is 0 Å². The van der Waals surface area contributed by atoms with E-state index in [1.54, 1.807) is 38.5 Å². The lowest BCUT2D eigenvalue weighted by molar-refractivity contribution is 0.169. The molecule has 0 unspecified atom stereocenters. The number of hydrogen-bond acceptors (Lipinski definition) is 6. The fraction of sp³-hybridized carbons (Fsp3) is 0.381. The number of aliphatic hydroxyl groups excluding tert-OH is 1. The van der Waals surface area contributed by atoms with Crippen molar-refractivity contribution in [3.05, 3.63) is 53.6 Å². The van der Waals surface area contributed by atoms with Gasteiger partial charge in [0.2, 0.25) is 0 Å². The molecule has 0 saturated carbocycles. The number of hydrogen-bond donors (Lipinski definition) is 1. The van der Waals surface area contributed by atoms with Gasteiger partial charge in [-0.05, 0) is 48.4 Å². The fourth-order valence-corrected chi connectivity index (χ4v) is 2.72. The number of nitrogens with zero attached hydrogens (tertiary/aromatic N) is 2. The van der Waals surface area contributed by atoms with Gasteiger partial charge in [-0.1, -0.05) is 6.07 Å². The zero-order chi connectivity index (χ0) is 19.5. The summed E-state index contributed by atoms with van der Waals surface area (Å²) in [6.07, 6.45) is 0.831. The van der Waals surface area contributed by atoms with Crippen molar-refractivity contribution in [1.29, 1.82) is 5.26 Å². The first-order valence-electron chi connectivity index (χ1n) is 8.87. The zero-order valence-electron chi connectivity index (χ0n) is 15.9. The molecule has 2 aromatic rings. The number of methoxy groups -OCH3 is 2. The summed E-state index contributed by atoms with van der Waals surface area (Å²) in [6, 6.07) is 15.0. The van der Waals surface area contributed by atoms with Crippen molar-refractivity contribution < 1.29 is 19.3 Å². The molecule has 6 nitrogen and oxygen atoms in total. The molecule has 0 bridgehead atoms. The van der Waals surface area contributed by atoms with Crippen LogP contribution in [-0.2, 0) is 6.42 Å². The van der Waals surface area contributed by atoms with Crippen LogP contribution >= 0.6 is 0 Å².